The van der Waals surface area contributed by atoms with Gasteiger partial charge in [-0.15, -0.1) is 11.8 Å². The van der Waals surface area contributed by atoms with Crippen LogP contribution < -0.4 is 5.32 Å². The van der Waals surface area contributed by atoms with E-state index in [1.807, 2.05) is 6.07 Å². The van der Waals surface area contributed by atoms with Crippen molar-refractivity contribution in [2.45, 2.75) is 24.1 Å². The highest BCUT2D eigenvalue weighted by molar-refractivity contribution is 7.98. The highest BCUT2D eigenvalue weighted by atomic mass is 32.2. The number of hydrogen-bond acceptors (Lipinski definition) is 4. The van der Waals surface area contributed by atoms with Crippen LogP contribution in [0.1, 0.15) is 18.2 Å². The standard InChI is InChI=1S/C13H16N2OS/c1-2-14-9-11-3-5-13(6-4-11)17-10-12-7-8-15-16-12/h3-8,14H,2,9-10H2,1H3. The SMILES string of the molecule is CCNCc1ccc(SCc2ccno2)cc1. The molecule has 1 aromatic heterocycles. The van der Waals surface area contributed by atoms with Crippen LogP contribution in [0.5, 0.6) is 0 Å². The fourth-order valence-electron chi connectivity index (χ4n) is 1.44. The average molecular weight is 248 g/mol. The van der Waals surface area contributed by atoms with Gasteiger partial charge in [-0.3, -0.25) is 0 Å². The summed E-state index contributed by atoms with van der Waals surface area (Å²) in [7, 11) is 0. The Morgan fingerprint density at radius 2 is 2.06 bits per heavy atom. The molecular weight excluding hydrogens is 232 g/mol. The first-order chi connectivity index (χ1) is 8.38. The molecule has 0 aliphatic heterocycles. The molecule has 0 aliphatic rings. The van der Waals surface area contributed by atoms with Crippen molar-refractivity contribution in [3.8, 4) is 0 Å². The summed E-state index contributed by atoms with van der Waals surface area (Å²) in [6.45, 7) is 4.05. The number of benzene rings is 1. The molecule has 1 N–H and O–H groups in total. The molecule has 0 aliphatic carbocycles. The van der Waals surface area contributed by atoms with Crippen LogP contribution in [0.4, 0.5) is 0 Å². The Bertz CT molecular complexity index is 425. The maximum absolute atomic E-state index is 5.05. The van der Waals surface area contributed by atoms with Crippen LogP contribution in [0.2, 0.25) is 0 Å². The molecule has 0 spiro atoms. The van der Waals surface area contributed by atoms with E-state index in [4.69, 9.17) is 4.52 Å². The summed E-state index contributed by atoms with van der Waals surface area (Å²) >= 11 is 1.76. The molecule has 2 aromatic rings. The lowest BCUT2D eigenvalue weighted by Gasteiger charge is -2.03. The summed E-state index contributed by atoms with van der Waals surface area (Å²) in [6.07, 6.45) is 1.68. The summed E-state index contributed by atoms with van der Waals surface area (Å²) in [5, 5.41) is 6.99. The molecule has 0 unspecified atom stereocenters. The lowest BCUT2D eigenvalue weighted by molar-refractivity contribution is 0.395. The van der Waals surface area contributed by atoms with Crippen LogP contribution in [0.25, 0.3) is 0 Å². The van der Waals surface area contributed by atoms with Crippen molar-refractivity contribution in [1.29, 1.82) is 0 Å². The summed E-state index contributed by atoms with van der Waals surface area (Å²) in [6, 6.07) is 10.5. The highest BCUT2D eigenvalue weighted by Crippen LogP contribution is 2.22. The topological polar surface area (TPSA) is 38.1 Å². The zero-order chi connectivity index (χ0) is 11.9. The van der Waals surface area contributed by atoms with E-state index in [0.717, 1.165) is 24.6 Å². The van der Waals surface area contributed by atoms with Gasteiger partial charge >= 0.3 is 0 Å². The van der Waals surface area contributed by atoms with E-state index in [9.17, 15) is 0 Å². The van der Waals surface area contributed by atoms with E-state index in [2.05, 4.69) is 41.7 Å². The highest BCUT2D eigenvalue weighted by Gasteiger charge is 1.99. The summed E-state index contributed by atoms with van der Waals surface area (Å²) in [5.41, 5.74) is 1.32. The number of nitrogens with one attached hydrogen (secondary N) is 1. The molecular formula is C13H16N2OS. The molecule has 90 valence electrons. The van der Waals surface area contributed by atoms with Gasteiger partial charge in [-0.25, -0.2) is 0 Å². The molecule has 17 heavy (non-hydrogen) atoms. The molecule has 0 radical (unpaired) electrons. The Morgan fingerprint density at radius 1 is 1.24 bits per heavy atom. The number of nitrogens with zero attached hydrogens (tertiary/aromatic N) is 1. The van der Waals surface area contributed by atoms with Crippen LogP contribution in [-0.2, 0) is 12.3 Å². The minimum absolute atomic E-state index is 0.826. The van der Waals surface area contributed by atoms with Gasteiger partial charge in [-0.05, 0) is 24.2 Å². The van der Waals surface area contributed by atoms with Crippen LogP contribution in [-0.4, -0.2) is 11.7 Å². The molecule has 0 fully saturated rings. The largest absolute Gasteiger partial charge is 0.361 e. The van der Waals surface area contributed by atoms with Crippen molar-refractivity contribution < 1.29 is 4.52 Å². The Kier molecular flexibility index (Phi) is 4.64. The van der Waals surface area contributed by atoms with E-state index in [1.165, 1.54) is 10.5 Å². The van der Waals surface area contributed by atoms with Crippen LogP contribution in [0.15, 0.2) is 45.9 Å². The monoisotopic (exact) mass is 248 g/mol. The van der Waals surface area contributed by atoms with Crippen LogP contribution >= 0.6 is 11.8 Å². The predicted molar refractivity (Wildman–Crippen MR) is 69.9 cm³/mol. The van der Waals surface area contributed by atoms with Crippen molar-refractivity contribution in [3.63, 3.8) is 0 Å². The quantitative estimate of drug-likeness (QED) is 0.797. The van der Waals surface area contributed by atoms with E-state index in [0.29, 0.717) is 0 Å². The first-order valence-electron chi connectivity index (χ1n) is 5.70. The molecule has 0 amide bonds. The van der Waals surface area contributed by atoms with Crippen LogP contribution in [0.3, 0.4) is 0 Å². The Morgan fingerprint density at radius 3 is 2.71 bits per heavy atom. The summed E-state index contributed by atoms with van der Waals surface area (Å²) in [4.78, 5) is 1.25. The maximum atomic E-state index is 5.05. The van der Waals surface area contributed by atoms with E-state index < -0.39 is 0 Å². The number of hydrogen-bond donors (Lipinski definition) is 1. The van der Waals surface area contributed by atoms with Crippen molar-refractivity contribution >= 4 is 11.8 Å². The van der Waals surface area contributed by atoms with Gasteiger partial charge in [0.2, 0.25) is 0 Å². The molecule has 1 aromatic carbocycles. The second-order valence-corrected chi connectivity index (χ2v) is 4.74. The van der Waals surface area contributed by atoms with Crippen LogP contribution in [0, 0.1) is 0 Å². The summed E-state index contributed by atoms with van der Waals surface area (Å²) < 4.78 is 5.05. The van der Waals surface area contributed by atoms with Gasteiger partial charge in [-0.1, -0.05) is 24.2 Å². The second kappa shape index (κ2) is 6.47. The molecule has 0 bridgehead atoms. The number of rotatable bonds is 6. The first kappa shape index (κ1) is 12.2. The Labute approximate surface area is 106 Å². The van der Waals surface area contributed by atoms with Gasteiger partial charge in [0.25, 0.3) is 0 Å². The number of thioether (sulfide) groups is 1. The zero-order valence-electron chi connectivity index (χ0n) is 9.85. The molecule has 0 saturated carbocycles. The fraction of sp³-hybridized carbons (Fsp3) is 0.308. The minimum atomic E-state index is 0.826. The normalized spacial score (nSPS) is 10.6. The molecule has 3 nitrogen and oxygen atoms in total. The predicted octanol–water partition coefficient (Wildman–Crippen LogP) is 3.08. The van der Waals surface area contributed by atoms with Gasteiger partial charge < -0.3 is 9.84 Å². The third-order valence-corrected chi connectivity index (χ3v) is 3.41. The van der Waals surface area contributed by atoms with Crippen molar-refractivity contribution in [1.82, 2.24) is 10.5 Å². The third kappa shape index (κ3) is 3.91. The molecule has 2 rings (SSSR count). The van der Waals surface area contributed by atoms with Gasteiger partial charge in [0.1, 0.15) is 5.76 Å². The van der Waals surface area contributed by atoms with E-state index in [-0.39, 0.29) is 0 Å². The van der Waals surface area contributed by atoms with E-state index >= 15 is 0 Å². The Balaban J connectivity index is 1.85. The molecule has 1 heterocycles. The smallest absolute Gasteiger partial charge is 0.146 e. The molecule has 0 atom stereocenters. The lowest BCUT2D eigenvalue weighted by atomic mass is 10.2. The van der Waals surface area contributed by atoms with Gasteiger partial charge in [0.15, 0.2) is 0 Å². The molecule has 0 saturated heterocycles. The number of aromatic nitrogens is 1. The zero-order valence-corrected chi connectivity index (χ0v) is 10.7. The maximum Gasteiger partial charge on any atom is 0.146 e. The van der Waals surface area contributed by atoms with Crippen molar-refractivity contribution in [2.24, 2.45) is 0 Å². The van der Waals surface area contributed by atoms with Crippen molar-refractivity contribution in [3.05, 3.63) is 47.9 Å². The van der Waals surface area contributed by atoms with Gasteiger partial charge in [0.05, 0.1) is 11.9 Å². The average Bonchev–Trinajstić information content (AvgIpc) is 2.88. The van der Waals surface area contributed by atoms with Crippen molar-refractivity contribution in [2.75, 3.05) is 6.54 Å². The fourth-order valence-corrected chi connectivity index (χ4v) is 2.23. The molecule has 4 heteroatoms. The second-order valence-electron chi connectivity index (χ2n) is 3.69. The van der Waals surface area contributed by atoms with Gasteiger partial charge in [-0.2, -0.15) is 0 Å². The van der Waals surface area contributed by atoms with Gasteiger partial charge in [0, 0.05) is 17.5 Å². The minimum Gasteiger partial charge on any atom is -0.361 e. The van der Waals surface area contributed by atoms with E-state index in [1.54, 1.807) is 18.0 Å². The Hall–Kier alpha value is -1.26. The summed E-state index contributed by atoms with van der Waals surface area (Å²) in [5.74, 6) is 1.73. The lowest BCUT2D eigenvalue weighted by Crippen LogP contribution is -2.11. The first-order valence-corrected chi connectivity index (χ1v) is 6.69. The third-order valence-electron chi connectivity index (χ3n) is 2.37.